The van der Waals surface area contributed by atoms with Crippen molar-refractivity contribution >= 4 is 13.8 Å². The van der Waals surface area contributed by atoms with Crippen LogP contribution in [0, 0.1) is 0 Å². The summed E-state index contributed by atoms with van der Waals surface area (Å²) in [7, 11) is -4.53. The SMILES string of the molecule is CC/C=C\C/C=C\C/C=C\C/C=C\C/C=C\CCCCCC(=O)OC(COCCCCCCCCCCCCCCCCCCCC)COP(=O)(O)OCC(O)CO. The zero-order chi connectivity index (χ0) is 42.5. The molecule has 58 heavy (non-hydrogen) atoms. The van der Waals surface area contributed by atoms with Crippen LogP contribution in [0.25, 0.3) is 0 Å². The van der Waals surface area contributed by atoms with Gasteiger partial charge in [-0.05, 0) is 57.8 Å². The maximum absolute atomic E-state index is 12.6. The van der Waals surface area contributed by atoms with Crippen LogP contribution >= 0.6 is 7.82 Å². The molecule has 0 aromatic heterocycles. The van der Waals surface area contributed by atoms with Crippen molar-refractivity contribution in [2.75, 3.05) is 33.0 Å². The Morgan fingerprint density at radius 1 is 0.552 bits per heavy atom. The fourth-order valence-electron chi connectivity index (χ4n) is 6.21. The molecule has 0 heterocycles. The van der Waals surface area contributed by atoms with Gasteiger partial charge in [0, 0.05) is 13.0 Å². The minimum absolute atomic E-state index is 0.0357. The second kappa shape index (κ2) is 44.7. The van der Waals surface area contributed by atoms with E-state index in [4.69, 9.17) is 23.6 Å². The molecule has 0 aromatic carbocycles. The summed E-state index contributed by atoms with van der Waals surface area (Å²) < 4.78 is 33.4. The van der Waals surface area contributed by atoms with Gasteiger partial charge in [0.05, 0.1) is 26.4 Å². The van der Waals surface area contributed by atoms with Gasteiger partial charge in [-0.15, -0.1) is 0 Å². The molecule has 0 spiro atoms. The van der Waals surface area contributed by atoms with Gasteiger partial charge in [0.15, 0.2) is 0 Å². The number of aliphatic hydroxyl groups excluding tert-OH is 2. The molecule has 3 atom stereocenters. The predicted molar refractivity (Wildman–Crippen MR) is 242 cm³/mol. The fourth-order valence-corrected chi connectivity index (χ4v) is 7.00. The highest BCUT2D eigenvalue weighted by atomic mass is 31.2. The fraction of sp³-hybridized carbons (Fsp3) is 0.771. The summed E-state index contributed by atoms with van der Waals surface area (Å²) in [5, 5.41) is 18.4. The third-order valence-electron chi connectivity index (χ3n) is 9.72. The van der Waals surface area contributed by atoms with Crippen LogP contribution in [0.1, 0.15) is 194 Å². The van der Waals surface area contributed by atoms with E-state index in [0.29, 0.717) is 13.0 Å². The summed E-state index contributed by atoms with van der Waals surface area (Å²) in [6, 6.07) is 0. The Balaban J connectivity index is 4.20. The van der Waals surface area contributed by atoms with Gasteiger partial charge >= 0.3 is 13.8 Å². The standard InChI is InChI=1S/C48H87O9P/c1-3-5-7-9-11-13-15-17-19-21-23-24-26-28-30-32-34-36-38-40-48(51)57-47(45-56-58(52,53)55-43-46(50)42-49)44-54-41-39-37-35-33-31-29-27-25-22-20-18-16-14-12-10-8-6-4-2/h5,7,11,13,17,19,23-24,28,30,46-47,49-50H,3-4,6,8-10,12,14-16,18,20-22,25-27,29,31-45H2,1-2H3,(H,52,53)/b7-5-,13-11-,19-17-,24-23-,30-28-. The first-order valence-corrected chi connectivity index (χ1v) is 24.8. The molecule has 0 fully saturated rings. The van der Waals surface area contributed by atoms with E-state index >= 15 is 0 Å². The van der Waals surface area contributed by atoms with Crippen LogP contribution < -0.4 is 0 Å². The van der Waals surface area contributed by atoms with Gasteiger partial charge in [-0.3, -0.25) is 13.8 Å². The lowest BCUT2D eigenvalue weighted by Gasteiger charge is -2.20. The number of allylic oxidation sites excluding steroid dienone is 10. The van der Waals surface area contributed by atoms with Crippen LogP contribution in [0.15, 0.2) is 60.8 Å². The van der Waals surface area contributed by atoms with Gasteiger partial charge in [-0.25, -0.2) is 4.57 Å². The molecule has 3 unspecified atom stereocenters. The first-order valence-electron chi connectivity index (χ1n) is 23.3. The Morgan fingerprint density at radius 3 is 1.47 bits per heavy atom. The molecule has 0 saturated carbocycles. The van der Waals surface area contributed by atoms with Crippen LogP contribution in [-0.4, -0.2) is 66.3 Å². The van der Waals surface area contributed by atoms with Crippen LogP contribution in [0.4, 0.5) is 0 Å². The van der Waals surface area contributed by atoms with Gasteiger partial charge in [0.2, 0.25) is 0 Å². The van der Waals surface area contributed by atoms with Crippen LogP contribution in [0.3, 0.4) is 0 Å². The first kappa shape index (κ1) is 56.2. The largest absolute Gasteiger partial charge is 0.472 e. The summed E-state index contributed by atoms with van der Waals surface area (Å²) in [6.45, 7) is 3.38. The van der Waals surface area contributed by atoms with Crippen LogP contribution in [0.5, 0.6) is 0 Å². The number of rotatable bonds is 44. The number of unbranched alkanes of at least 4 members (excludes halogenated alkanes) is 20. The van der Waals surface area contributed by atoms with Gasteiger partial charge in [-0.2, -0.15) is 0 Å². The molecule has 0 saturated heterocycles. The average Bonchev–Trinajstić information content (AvgIpc) is 3.21. The molecule has 0 radical (unpaired) electrons. The van der Waals surface area contributed by atoms with Crippen LogP contribution in [-0.2, 0) is 27.9 Å². The van der Waals surface area contributed by atoms with E-state index in [1.54, 1.807) is 0 Å². The Kier molecular flexibility index (Phi) is 43.3. The van der Waals surface area contributed by atoms with E-state index in [1.807, 2.05) is 0 Å². The molecular formula is C48H87O9P. The number of hydrogen-bond donors (Lipinski definition) is 3. The van der Waals surface area contributed by atoms with Crippen molar-refractivity contribution in [2.24, 2.45) is 0 Å². The molecular weight excluding hydrogens is 751 g/mol. The maximum atomic E-state index is 12.6. The Bertz CT molecular complexity index is 1090. The lowest BCUT2D eigenvalue weighted by molar-refractivity contribution is -0.154. The third kappa shape index (κ3) is 43.7. The molecule has 10 heteroatoms. The minimum atomic E-state index is -4.53. The highest BCUT2D eigenvalue weighted by molar-refractivity contribution is 7.47. The van der Waals surface area contributed by atoms with Crippen LogP contribution in [0.2, 0.25) is 0 Å². The highest BCUT2D eigenvalue weighted by Gasteiger charge is 2.26. The van der Waals surface area contributed by atoms with Crippen molar-refractivity contribution in [3.05, 3.63) is 60.8 Å². The Labute approximate surface area is 355 Å². The molecule has 0 aromatic rings. The summed E-state index contributed by atoms with van der Waals surface area (Å²) in [4.78, 5) is 22.6. The topological polar surface area (TPSA) is 132 Å². The molecule has 0 amide bonds. The Hall–Kier alpha value is -1.84. The lowest BCUT2D eigenvalue weighted by atomic mass is 10.0. The lowest BCUT2D eigenvalue weighted by Crippen LogP contribution is -2.29. The van der Waals surface area contributed by atoms with Crippen molar-refractivity contribution in [1.29, 1.82) is 0 Å². The van der Waals surface area contributed by atoms with Gasteiger partial charge in [0.1, 0.15) is 12.2 Å². The second-order valence-electron chi connectivity index (χ2n) is 15.4. The smallest absolute Gasteiger partial charge is 0.457 e. The quantitative estimate of drug-likeness (QED) is 0.0237. The minimum Gasteiger partial charge on any atom is -0.457 e. The summed E-state index contributed by atoms with van der Waals surface area (Å²) in [5.74, 6) is -0.412. The number of aliphatic hydroxyl groups is 2. The number of carbonyl (C=O) groups is 1. The molecule has 3 N–H and O–H groups in total. The number of ether oxygens (including phenoxy) is 2. The van der Waals surface area contributed by atoms with Crippen molar-refractivity contribution in [1.82, 2.24) is 0 Å². The maximum Gasteiger partial charge on any atom is 0.472 e. The van der Waals surface area contributed by atoms with E-state index in [2.05, 4.69) is 74.6 Å². The normalized spacial score (nSPS) is 14.5. The number of esters is 1. The molecule has 9 nitrogen and oxygen atoms in total. The van der Waals surface area contributed by atoms with Crippen molar-refractivity contribution < 1.29 is 43.0 Å². The molecule has 338 valence electrons. The predicted octanol–water partition coefficient (Wildman–Crippen LogP) is 13.1. The molecule has 0 aliphatic heterocycles. The second-order valence-corrected chi connectivity index (χ2v) is 16.9. The average molecular weight is 839 g/mol. The van der Waals surface area contributed by atoms with Crippen molar-refractivity contribution in [3.63, 3.8) is 0 Å². The highest BCUT2D eigenvalue weighted by Crippen LogP contribution is 2.43. The number of carbonyl (C=O) groups excluding carboxylic acids is 1. The number of phosphoric acid groups is 1. The summed E-state index contributed by atoms with van der Waals surface area (Å²) in [6.07, 6.45) is 51.8. The van der Waals surface area contributed by atoms with Gasteiger partial charge < -0.3 is 24.6 Å². The Morgan fingerprint density at radius 2 is 0.983 bits per heavy atom. The van der Waals surface area contributed by atoms with E-state index in [9.17, 15) is 19.4 Å². The molecule has 0 aliphatic rings. The molecule has 0 rings (SSSR count). The molecule has 0 bridgehead atoms. The van der Waals surface area contributed by atoms with E-state index < -0.39 is 45.8 Å². The van der Waals surface area contributed by atoms with Crippen molar-refractivity contribution in [3.8, 4) is 0 Å². The zero-order valence-corrected chi connectivity index (χ0v) is 37.9. The monoisotopic (exact) mass is 839 g/mol. The van der Waals surface area contributed by atoms with E-state index in [1.165, 1.54) is 96.3 Å². The van der Waals surface area contributed by atoms with Crippen molar-refractivity contribution in [2.45, 2.75) is 206 Å². The van der Waals surface area contributed by atoms with Gasteiger partial charge in [0.25, 0.3) is 0 Å². The summed E-state index contributed by atoms with van der Waals surface area (Å²) >= 11 is 0. The first-order chi connectivity index (χ1) is 28.3. The summed E-state index contributed by atoms with van der Waals surface area (Å²) in [5.41, 5.74) is 0. The number of phosphoric ester groups is 1. The van der Waals surface area contributed by atoms with E-state index in [0.717, 1.165) is 70.6 Å². The zero-order valence-electron chi connectivity index (χ0n) is 37.0. The number of hydrogen-bond acceptors (Lipinski definition) is 8. The van der Waals surface area contributed by atoms with Gasteiger partial charge in [-0.1, -0.05) is 190 Å². The third-order valence-corrected chi connectivity index (χ3v) is 10.7. The molecule has 0 aliphatic carbocycles. The van der Waals surface area contributed by atoms with E-state index in [-0.39, 0.29) is 13.0 Å².